The minimum atomic E-state index is -0.424. The first-order chi connectivity index (χ1) is 8.28. The summed E-state index contributed by atoms with van der Waals surface area (Å²) >= 11 is 0. The Balaban J connectivity index is 2.10. The Morgan fingerprint density at radius 1 is 1.29 bits per heavy atom. The third-order valence-corrected chi connectivity index (χ3v) is 2.23. The van der Waals surface area contributed by atoms with Gasteiger partial charge in [-0.2, -0.15) is 5.26 Å². The molecule has 3 nitrogen and oxygen atoms in total. The molecule has 0 spiro atoms. The molecule has 0 radical (unpaired) electrons. The van der Waals surface area contributed by atoms with Crippen molar-refractivity contribution < 1.29 is 4.39 Å². The van der Waals surface area contributed by atoms with Crippen LogP contribution in [0, 0.1) is 17.1 Å². The highest BCUT2D eigenvalue weighted by Gasteiger charge is 2.00. The summed E-state index contributed by atoms with van der Waals surface area (Å²) in [6, 6.07) is 11.7. The second kappa shape index (κ2) is 5.08. The SMILES string of the molecule is N#Cc1cc(F)cc(NCc2ccccn2)c1. The first-order valence-electron chi connectivity index (χ1n) is 5.12. The van der Waals surface area contributed by atoms with E-state index >= 15 is 0 Å². The van der Waals surface area contributed by atoms with Crippen molar-refractivity contribution in [3.8, 4) is 6.07 Å². The van der Waals surface area contributed by atoms with Crippen molar-refractivity contribution in [2.45, 2.75) is 6.54 Å². The van der Waals surface area contributed by atoms with E-state index in [1.54, 1.807) is 12.3 Å². The third kappa shape index (κ3) is 3.02. The van der Waals surface area contributed by atoms with Crippen LogP contribution in [0.25, 0.3) is 0 Å². The van der Waals surface area contributed by atoms with E-state index in [0.29, 0.717) is 17.8 Å². The van der Waals surface area contributed by atoms with Crippen molar-refractivity contribution in [2.75, 3.05) is 5.32 Å². The summed E-state index contributed by atoms with van der Waals surface area (Å²) in [4.78, 5) is 4.14. The quantitative estimate of drug-likeness (QED) is 0.877. The molecule has 4 heteroatoms. The van der Waals surface area contributed by atoms with Gasteiger partial charge in [0.05, 0.1) is 23.9 Å². The molecule has 0 unspecified atom stereocenters. The van der Waals surface area contributed by atoms with E-state index in [4.69, 9.17) is 5.26 Å². The Kier molecular flexibility index (Phi) is 3.31. The number of nitriles is 1. The molecular formula is C13H10FN3. The van der Waals surface area contributed by atoms with Gasteiger partial charge < -0.3 is 5.32 Å². The van der Waals surface area contributed by atoms with E-state index in [1.165, 1.54) is 12.1 Å². The first kappa shape index (κ1) is 11.1. The first-order valence-corrected chi connectivity index (χ1v) is 5.12. The van der Waals surface area contributed by atoms with Crippen molar-refractivity contribution in [3.05, 3.63) is 59.7 Å². The van der Waals surface area contributed by atoms with Crippen LogP contribution in [0.4, 0.5) is 10.1 Å². The number of hydrogen-bond donors (Lipinski definition) is 1. The van der Waals surface area contributed by atoms with Gasteiger partial charge in [-0.3, -0.25) is 4.98 Å². The monoisotopic (exact) mass is 227 g/mol. The van der Waals surface area contributed by atoms with Gasteiger partial charge in [0.2, 0.25) is 0 Å². The minimum absolute atomic E-state index is 0.300. The van der Waals surface area contributed by atoms with Crippen LogP contribution in [0.1, 0.15) is 11.3 Å². The number of halogens is 1. The second-order valence-electron chi connectivity index (χ2n) is 3.52. The van der Waals surface area contributed by atoms with E-state index in [2.05, 4.69) is 10.3 Å². The smallest absolute Gasteiger partial charge is 0.126 e. The fourth-order valence-electron chi connectivity index (χ4n) is 1.45. The summed E-state index contributed by atoms with van der Waals surface area (Å²) in [6.45, 7) is 0.495. The van der Waals surface area contributed by atoms with Gasteiger partial charge in [0.1, 0.15) is 5.82 Å². The molecule has 0 saturated heterocycles. The average molecular weight is 227 g/mol. The predicted octanol–water partition coefficient (Wildman–Crippen LogP) is 2.70. The van der Waals surface area contributed by atoms with Gasteiger partial charge in [-0.15, -0.1) is 0 Å². The highest BCUT2D eigenvalue weighted by Crippen LogP contribution is 2.14. The van der Waals surface area contributed by atoms with E-state index in [9.17, 15) is 4.39 Å². The van der Waals surface area contributed by atoms with Crippen LogP contribution in [0.2, 0.25) is 0 Å². The van der Waals surface area contributed by atoms with Gasteiger partial charge in [0, 0.05) is 11.9 Å². The summed E-state index contributed by atoms with van der Waals surface area (Å²) in [7, 11) is 0. The van der Waals surface area contributed by atoms with Crippen molar-refractivity contribution in [1.82, 2.24) is 4.98 Å². The molecule has 1 N–H and O–H groups in total. The van der Waals surface area contributed by atoms with Crippen LogP contribution in [-0.2, 0) is 6.54 Å². The molecule has 0 fully saturated rings. The maximum Gasteiger partial charge on any atom is 0.126 e. The molecule has 0 aliphatic rings. The lowest BCUT2D eigenvalue weighted by molar-refractivity contribution is 0.627. The van der Waals surface area contributed by atoms with Crippen LogP contribution in [0.5, 0.6) is 0 Å². The number of aromatic nitrogens is 1. The highest BCUT2D eigenvalue weighted by molar-refractivity contribution is 5.49. The summed E-state index contributed by atoms with van der Waals surface area (Å²) in [5.41, 5.74) is 1.73. The molecule has 0 amide bonds. The number of anilines is 1. The molecule has 0 aliphatic carbocycles. The van der Waals surface area contributed by atoms with Crippen molar-refractivity contribution in [1.29, 1.82) is 5.26 Å². The average Bonchev–Trinajstić information content (AvgIpc) is 2.37. The maximum absolute atomic E-state index is 13.1. The van der Waals surface area contributed by atoms with E-state index in [0.717, 1.165) is 5.69 Å². The minimum Gasteiger partial charge on any atom is -0.379 e. The normalized spacial score (nSPS) is 9.65. The lowest BCUT2D eigenvalue weighted by atomic mass is 10.2. The maximum atomic E-state index is 13.1. The summed E-state index contributed by atoms with van der Waals surface area (Å²) in [5, 5.41) is 11.7. The topological polar surface area (TPSA) is 48.7 Å². The predicted molar refractivity (Wildman–Crippen MR) is 62.7 cm³/mol. The summed E-state index contributed by atoms with van der Waals surface area (Å²) in [5.74, 6) is -0.424. The van der Waals surface area contributed by atoms with E-state index < -0.39 is 5.82 Å². The molecule has 1 aromatic heterocycles. The standard InChI is InChI=1S/C13H10FN3/c14-11-5-10(8-15)6-13(7-11)17-9-12-3-1-2-4-16-12/h1-7,17H,9H2. The number of nitrogens with zero attached hydrogens (tertiary/aromatic N) is 2. The van der Waals surface area contributed by atoms with Crippen molar-refractivity contribution in [3.63, 3.8) is 0 Å². The number of benzene rings is 1. The lowest BCUT2D eigenvalue weighted by Gasteiger charge is -2.06. The summed E-state index contributed by atoms with van der Waals surface area (Å²) < 4.78 is 13.1. The van der Waals surface area contributed by atoms with Crippen molar-refractivity contribution in [2.24, 2.45) is 0 Å². The molecule has 0 bridgehead atoms. The largest absolute Gasteiger partial charge is 0.379 e. The molecule has 2 aromatic rings. The second-order valence-corrected chi connectivity index (χ2v) is 3.52. The zero-order chi connectivity index (χ0) is 12.1. The Hall–Kier alpha value is -2.41. The zero-order valence-corrected chi connectivity index (χ0v) is 9.02. The number of nitrogens with one attached hydrogen (secondary N) is 1. The summed E-state index contributed by atoms with van der Waals surface area (Å²) in [6.07, 6.45) is 1.70. The molecule has 1 heterocycles. The van der Waals surface area contributed by atoms with Crippen LogP contribution in [-0.4, -0.2) is 4.98 Å². The van der Waals surface area contributed by atoms with Gasteiger partial charge in [0.25, 0.3) is 0 Å². The van der Waals surface area contributed by atoms with Gasteiger partial charge in [-0.25, -0.2) is 4.39 Å². The fraction of sp³-hybridized carbons (Fsp3) is 0.0769. The molecule has 0 atom stereocenters. The van der Waals surface area contributed by atoms with E-state index in [1.807, 2.05) is 24.3 Å². The number of rotatable bonds is 3. The lowest BCUT2D eigenvalue weighted by Crippen LogP contribution is -2.01. The van der Waals surface area contributed by atoms with Crippen LogP contribution in [0.3, 0.4) is 0 Å². The van der Waals surface area contributed by atoms with Gasteiger partial charge in [0.15, 0.2) is 0 Å². The van der Waals surface area contributed by atoms with Crippen LogP contribution in [0.15, 0.2) is 42.6 Å². The van der Waals surface area contributed by atoms with Crippen molar-refractivity contribution >= 4 is 5.69 Å². The molecule has 17 heavy (non-hydrogen) atoms. The van der Waals surface area contributed by atoms with Crippen LogP contribution < -0.4 is 5.32 Å². The molecule has 0 aliphatic heterocycles. The molecular weight excluding hydrogens is 217 g/mol. The molecule has 2 rings (SSSR count). The number of pyridine rings is 1. The highest BCUT2D eigenvalue weighted by atomic mass is 19.1. The Morgan fingerprint density at radius 3 is 2.88 bits per heavy atom. The van der Waals surface area contributed by atoms with Crippen LogP contribution >= 0.6 is 0 Å². The van der Waals surface area contributed by atoms with E-state index in [-0.39, 0.29) is 0 Å². The molecule has 1 aromatic carbocycles. The van der Waals surface area contributed by atoms with Gasteiger partial charge in [-0.05, 0) is 30.3 Å². The zero-order valence-electron chi connectivity index (χ0n) is 9.02. The Bertz CT molecular complexity index is 546. The van der Waals surface area contributed by atoms with Gasteiger partial charge in [-0.1, -0.05) is 6.07 Å². The molecule has 84 valence electrons. The number of hydrogen-bond acceptors (Lipinski definition) is 3. The fourth-order valence-corrected chi connectivity index (χ4v) is 1.45. The molecule has 0 saturated carbocycles. The van der Waals surface area contributed by atoms with Gasteiger partial charge >= 0.3 is 0 Å². The third-order valence-electron chi connectivity index (χ3n) is 2.23. The Labute approximate surface area is 98.5 Å². The Morgan fingerprint density at radius 2 is 2.18 bits per heavy atom.